The summed E-state index contributed by atoms with van der Waals surface area (Å²) >= 11 is 11.0. The van der Waals surface area contributed by atoms with Gasteiger partial charge in [0.2, 0.25) is 0 Å². The first kappa shape index (κ1) is 20.0. The molecule has 0 radical (unpaired) electrons. The van der Waals surface area contributed by atoms with Crippen molar-refractivity contribution in [2.75, 3.05) is 5.32 Å². The smallest absolute Gasteiger partial charge is 0.263 e. The van der Waals surface area contributed by atoms with Crippen LogP contribution in [0.15, 0.2) is 63.3 Å². The SMILES string of the molecule is O=C1NC(=S)S/C1=C\c1ccc(C(=O)Nc2nc(-c3cccc(Br)c3)cs2)cc1. The van der Waals surface area contributed by atoms with Crippen molar-refractivity contribution in [2.45, 2.75) is 0 Å². The minimum absolute atomic E-state index is 0.202. The molecule has 2 heterocycles. The normalized spacial score (nSPS) is 14.9. The number of aromatic nitrogens is 1. The Morgan fingerprint density at radius 1 is 1.21 bits per heavy atom. The van der Waals surface area contributed by atoms with E-state index in [1.807, 2.05) is 29.6 Å². The predicted octanol–water partition coefficient (Wildman–Crippen LogP) is 5.31. The van der Waals surface area contributed by atoms with Gasteiger partial charge in [-0.2, -0.15) is 0 Å². The van der Waals surface area contributed by atoms with Crippen LogP contribution in [0.5, 0.6) is 0 Å². The molecular weight excluding hydrogens is 490 g/mol. The molecule has 2 N–H and O–H groups in total. The Balaban J connectivity index is 1.45. The van der Waals surface area contributed by atoms with E-state index in [1.165, 1.54) is 23.1 Å². The van der Waals surface area contributed by atoms with Crippen LogP contribution in [0.3, 0.4) is 0 Å². The van der Waals surface area contributed by atoms with Gasteiger partial charge in [0.25, 0.3) is 11.8 Å². The monoisotopic (exact) mass is 501 g/mol. The van der Waals surface area contributed by atoms with Crippen molar-refractivity contribution < 1.29 is 9.59 Å². The summed E-state index contributed by atoms with van der Waals surface area (Å²) < 4.78 is 1.42. The molecular formula is C20H12BrN3O2S3. The summed E-state index contributed by atoms with van der Waals surface area (Å²) in [4.78, 5) is 29.3. The Kier molecular flexibility index (Phi) is 5.91. The van der Waals surface area contributed by atoms with Crippen LogP contribution in [0.2, 0.25) is 0 Å². The number of thiocarbonyl (C=S) groups is 1. The van der Waals surface area contributed by atoms with Gasteiger partial charge in [-0.15, -0.1) is 11.3 Å². The number of carbonyl (C=O) groups excluding carboxylic acids is 2. The van der Waals surface area contributed by atoms with Gasteiger partial charge in [-0.05, 0) is 35.9 Å². The summed E-state index contributed by atoms with van der Waals surface area (Å²) in [6.45, 7) is 0. The number of nitrogens with zero attached hydrogens (tertiary/aromatic N) is 1. The molecule has 0 atom stereocenters. The molecule has 1 aliphatic rings. The average molecular weight is 502 g/mol. The van der Waals surface area contributed by atoms with Crippen molar-refractivity contribution in [1.29, 1.82) is 0 Å². The van der Waals surface area contributed by atoms with Crippen LogP contribution in [0.4, 0.5) is 5.13 Å². The maximum atomic E-state index is 12.5. The molecule has 1 aromatic heterocycles. The lowest BCUT2D eigenvalue weighted by atomic mass is 10.1. The number of hydrogen-bond acceptors (Lipinski definition) is 6. The van der Waals surface area contributed by atoms with Crippen molar-refractivity contribution in [2.24, 2.45) is 0 Å². The van der Waals surface area contributed by atoms with Gasteiger partial charge in [-0.1, -0.05) is 64.2 Å². The fourth-order valence-corrected chi connectivity index (χ4v) is 4.74. The second kappa shape index (κ2) is 8.58. The maximum absolute atomic E-state index is 12.5. The van der Waals surface area contributed by atoms with Crippen LogP contribution in [0, 0.1) is 0 Å². The zero-order valence-corrected chi connectivity index (χ0v) is 18.7. The van der Waals surface area contributed by atoms with Crippen LogP contribution in [0.1, 0.15) is 15.9 Å². The number of anilines is 1. The molecule has 0 saturated carbocycles. The molecule has 4 rings (SSSR count). The Hall–Kier alpha value is -2.33. The highest BCUT2D eigenvalue weighted by molar-refractivity contribution is 9.10. The molecule has 144 valence electrons. The summed E-state index contributed by atoms with van der Waals surface area (Å²) in [5.41, 5.74) is 3.10. The minimum atomic E-state index is -0.242. The molecule has 29 heavy (non-hydrogen) atoms. The Morgan fingerprint density at radius 3 is 2.69 bits per heavy atom. The van der Waals surface area contributed by atoms with E-state index in [-0.39, 0.29) is 11.8 Å². The fraction of sp³-hybridized carbons (Fsp3) is 0. The third-order valence-electron chi connectivity index (χ3n) is 3.96. The highest BCUT2D eigenvalue weighted by Gasteiger charge is 2.21. The minimum Gasteiger partial charge on any atom is -0.307 e. The zero-order valence-electron chi connectivity index (χ0n) is 14.6. The Labute approximate surface area is 188 Å². The van der Waals surface area contributed by atoms with Crippen LogP contribution < -0.4 is 10.6 Å². The number of thiazole rings is 1. The molecule has 0 bridgehead atoms. The van der Waals surface area contributed by atoms with E-state index < -0.39 is 0 Å². The average Bonchev–Trinajstić information content (AvgIpc) is 3.28. The number of halogens is 1. The van der Waals surface area contributed by atoms with Gasteiger partial charge in [0.1, 0.15) is 4.32 Å². The summed E-state index contributed by atoms with van der Waals surface area (Å²) in [6, 6.07) is 14.8. The van der Waals surface area contributed by atoms with Crippen molar-refractivity contribution in [3.05, 3.63) is 74.4 Å². The van der Waals surface area contributed by atoms with Gasteiger partial charge in [-0.3, -0.25) is 14.9 Å². The van der Waals surface area contributed by atoms with Gasteiger partial charge in [0.15, 0.2) is 5.13 Å². The van der Waals surface area contributed by atoms with E-state index in [1.54, 1.807) is 30.3 Å². The van der Waals surface area contributed by atoms with Gasteiger partial charge < -0.3 is 5.32 Å². The van der Waals surface area contributed by atoms with E-state index in [0.29, 0.717) is 19.9 Å². The number of thioether (sulfide) groups is 1. The highest BCUT2D eigenvalue weighted by atomic mass is 79.9. The van der Waals surface area contributed by atoms with Crippen LogP contribution >= 0.6 is 51.2 Å². The van der Waals surface area contributed by atoms with E-state index in [9.17, 15) is 9.59 Å². The molecule has 0 spiro atoms. The molecule has 1 fully saturated rings. The number of carbonyl (C=O) groups is 2. The molecule has 0 aliphatic carbocycles. The van der Waals surface area contributed by atoms with Gasteiger partial charge in [0, 0.05) is 21.0 Å². The molecule has 2 amide bonds. The van der Waals surface area contributed by atoms with Crippen molar-refractivity contribution in [3.8, 4) is 11.3 Å². The summed E-state index contributed by atoms with van der Waals surface area (Å²) in [6.07, 6.45) is 1.74. The number of benzene rings is 2. The zero-order chi connectivity index (χ0) is 20.4. The molecule has 3 aromatic rings. The number of hydrogen-bond donors (Lipinski definition) is 2. The topological polar surface area (TPSA) is 71.1 Å². The second-order valence-electron chi connectivity index (χ2n) is 5.98. The van der Waals surface area contributed by atoms with Crippen molar-refractivity contribution >= 4 is 78.6 Å². The first-order valence-corrected chi connectivity index (χ1v) is 11.3. The Morgan fingerprint density at radius 2 is 2.00 bits per heavy atom. The van der Waals surface area contributed by atoms with Crippen molar-refractivity contribution in [1.82, 2.24) is 10.3 Å². The standard InChI is InChI=1S/C20H12BrN3O2S3/c21-14-3-1-2-13(9-14)15-10-28-19(22-15)23-17(25)12-6-4-11(5-7-12)8-16-18(26)24-20(27)29-16/h1-10H,(H,22,23,25)(H,24,26,27)/b16-8-. The number of rotatable bonds is 4. The second-order valence-corrected chi connectivity index (χ2v) is 9.47. The lowest BCUT2D eigenvalue weighted by Gasteiger charge is -2.03. The largest absolute Gasteiger partial charge is 0.307 e. The predicted molar refractivity (Wildman–Crippen MR) is 126 cm³/mol. The third-order valence-corrected chi connectivity index (χ3v) is 6.37. The molecule has 1 saturated heterocycles. The van der Waals surface area contributed by atoms with E-state index in [0.717, 1.165) is 21.3 Å². The molecule has 9 heteroatoms. The molecule has 0 unspecified atom stereocenters. The quantitative estimate of drug-likeness (QED) is 0.374. The maximum Gasteiger partial charge on any atom is 0.263 e. The van der Waals surface area contributed by atoms with E-state index in [4.69, 9.17) is 12.2 Å². The third kappa shape index (κ3) is 4.81. The molecule has 2 aromatic carbocycles. The first-order valence-electron chi connectivity index (χ1n) is 8.36. The van der Waals surface area contributed by atoms with Gasteiger partial charge in [0.05, 0.1) is 10.6 Å². The van der Waals surface area contributed by atoms with Crippen molar-refractivity contribution in [3.63, 3.8) is 0 Å². The number of nitrogens with one attached hydrogen (secondary N) is 2. The van der Waals surface area contributed by atoms with E-state index in [2.05, 4.69) is 31.5 Å². The van der Waals surface area contributed by atoms with Gasteiger partial charge in [-0.25, -0.2) is 4.98 Å². The highest BCUT2D eigenvalue weighted by Crippen LogP contribution is 2.28. The lowest BCUT2D eigenvalue weighted by molar-refractivity contribution is -0.115. The van der Waals surface area contributed by atoms with Gasteiger partial charge >= 0.3 is 0 Å². The van der Waals surface area contributed by atoms with Crippen LogP contribution in [-0.2, 0) is 4.79 Å². The van der Waals surface area contributed by atoms with E-state index >= 15 is 0 Å². The number of amides is 2. The summed E-state index contributed by atoms with van der Waals surface area (Å²) in [7, 11) is 0. The Bertz CT molecular complexity index is 1160. The van der Waals surface area contributed by atoms with Crippen LogP contribution in [-0.4, -0.2) is 21.1 Å². The summed E-state index contributed by atoms with van der Waals surface area (Å²) in [5, 5.41) is 7.84. The molecule has 1 aliphatic heterocycles. The fourth-order valence-electron chi connectivity index (χ4n) is 2.58. The summed E-state index contributed by atoms with van der Waals surface area (Å²) in [5.74, 6) is -0.444. The first-order chi connectivity index (χ1) is 14.0. The molecule has 5 nitrogen and oxygen atoms in total. The van der Waals surface area contributed by atoms with Crippen LogP contribution in [0.25, 0.3) is 17.3 Å². The lowest BCUT2D eigenvalue weighted by Crippen LogP contribution is -2.17.